The van der Waals surface area contributed by atoms with Crippen molar-refractivity contribution in [1.29, 1.82) is 0 Å². The van der Waals surface area contributed by atoms with Crippen LogP contribution in [-0.4, -0.2) is 9.97 Å². The van der Waals surface area contributed by atoms with Gasteiger partial charge in [-0.05, 0) is 54.6 Å². The lowest BCUT2D eigenvalue weighted by Crippen LogP contribution is -1.92. The molecule has 0 spiro atoms. The third-order valence-electron chi connectivity index (χ3n) is 3.91. The van der Waals surface area contributed by atoms with Crippen LogP contribution in [0.3, 0.4) is 0 Å². The second kappa shape index (κ2) is 8.54. The van der Waals surface area contributed by atoms with E-state index in [0.717, 1.165) is 31.6 Å². The predicted molar refractivity (Wildman–Crippen MR) is 116 cm³/mol. The Labute approximate surface area is 179 Å². The molecule has 0 N–H and O–H groups in total. The number of benzene rings is 2. The average molecular weight is 498 g/mol. The van der Waals surface area contributed by atoms with Gasteiger partial charge in [-0.2, -0.15) is 0 Å². The van der Waals surface area contributed by atoms with Gasteiger partial charge < -0.3 is 9.47 Å². The Balaban J connectivity index is 1.73. The minimum atomic E-state index is 0.540. The van der Waals surface area contributed by atoms with E-state index < -0.39 is 0 Å². The van der Waals surface area contributed by atoms with Gasteiger partial charge in [-0.25, -0.2) is 4.98 Å². The summed E-state index contributed by atoms with van der Waals surface area (Å²) in [5.74, 6) is 2.67. The molecule has 0 atom stereocenters. The van der Waals surface area contributed by atoms with E-state index in [0.29, 0.717) is 11.6 Å². The highest BCUT2D eigenvalue weighted by Gasteiger charge is 2.13. The van der Waals surface area contributed by atoms with Crippen LogP contribution in [0.5, 0.6) is 23.1 Å². The summed E-state index contributed by atoms with van der Waals surface area (Å²) in [7, 11) is 0. The molecule has 138 valence electrons. The fourth-order valence-corrected chi connectivity index (χ4v) is 3.46. The first-order valence-electron chi connectivity index (χ1n) is 8.45. The molecule has 4 nitrogen and oxygen atoms in total. The predicted octanol–water partition coefficient (Wildman–Crippen LogP) is 7.25. The largest absolute Gasteiger partial charge is 0.457 e. The van der Waals surface area contributed by atoms with Crippen molar-refractivity contribution < 1.29 is 9.47 Å². The van der Waals surface area contributed by atoms with Crippen LogP contribution in [0.1, 0.15) is 0 Å². The molecule has 0 saturated carbocycles. The van der Waals surface area contributed by atoms with Gasteiger partial charge in [0.25, 0.3) is 0 Å². The van der Waals surface area contributed by atoms with Crippen LogP contribution in [0, 0.1) is 0 Å². The molecule has 0 fully saturated rings. The topological polar surface area (TPSA) is 44.2 Å². The second-order valence-electron chi connectivity index (χ2n) is 5.84. The third-order valence-corrected chi connectivity index (χ3v) is 5.09. The highest BCUT2D eigenvalue weighted by Crippen LogP contribution is 2.40. The second-order valence-corrected chi connectivity index (χ2v) is 7.61. The molecule has 4 aromatic rings. The maximum Gasteiger partial charge on any atom is 0.219 e. The zero-order valence-electron chi connectivity index (χ0n) is 14.5. The van der Waals surface area contributed by atoms with Gasteiger partial charge in [0.15, 0.2) is 0 Å². The van der Waals surface area contributed by atoms with E-state index in [-0.39, 0.29) is 0 Å². The molecule has 2 aromatic carbocycles. The summed E-state index contributed by atoms with van der Waals surface area (Å²) in [6.07, 6.45) is 5.10. The van der Waals surface area contributed by atoms with Crippen LogP contribution in [0.4, 0.5) is 0 Å². The summed E-state index contributed by atoms with van der Waals surface area (Å²) in [6, 6.07) is 20.9. The van der Waals surface area contributed by atoms with E-state index in [1.54, 1.807) is 18.6 Å². The summed E-state index contributed by atoms with van der Waals surface area (Å²) in [6.45, 7) is 0. The lowest BCUT2D eigenvalue weighted by molar-refractivity contribution is 0.463. The number of halogens is 2. The molecule has 0 radical (unpaired) electrons. The van der Waals surface area contributed by atoms with Gasteiger partial charge in [-0.15, -0.1) is 0 Å². The molecular formula is C22H14Br2N2O2. The van der Waals surface area contributed by atoms with E-state index in [1.165, 1.54) is 0 Å². The zero-order valence-corrected chi connectivity index (χ0v) is 17.7. The van der Waals surface area contributed by atoms with E-state index >= 15 is 0 Å². The Morgan fingerprint density at radius 2 is 1.54 bits per heavy atom. The number of nitrogens with zero attached hydrogens (tertiary/aromatic N) is 2. The maximum atomic E-state index is 6.10. The van der Waals surface area contributed by atoms with Crippen LogP contribution in [0.2, 0.25) is 0 Å². The maximum absolute atomic E-state index is 6.10. The van der Waals surface area contributed by atoms with Crippen LogP contribution in [0.15, 0.2) is 94.3 Å². The third kappa shape index (κ3) is 4.40. The van der Waals surface area contributed by atoms with Crippen LogP contribution in [-0.2, 0) is 0 Å². The molecule has 0 aliphatic rings. The highest BCUT2D eigenvalue weighted by atomic mass is 79.9. The fourth-order valence-electron chi connectivity index (χ4n) is 2.64. The fraction of sp³-hybridized carbons (Fsp3) is 0. The number of hydrogen-bond donors (Lipinski definition) is 0. The molecule has 2 aromatic heterocycles. The summed E-state index contributed by atoms with van der Waals surface area (Å²) in [5, 5.41) is 0. The van der Waals surface area contributed by atoms with Crippen molar-refractivity contribution in [2.45, 2.75) is 0 Å². The number of hydrogen-bond acceptors (Lipinski definition) is 4. The Kier molecular flexibility index (Phi) is 5.69. The summed E-state index contributed by atoms with van der Waals surface area (Å²) in [5.41, 5.74) is 1.86. The molecule has 0 saturated heterocycles. The molecule has 0 unspecified atom stereocenters. The van der Waals surface area contributed by atoms with E-state index in [1.807, 2.05) is 66.7 Å². The first-order valence-corrected chi connectivity index (χ1v) is 10.0. The number of pyridine rings is 2. The Bertz CT molecular complexity index is 1090. The van der Waals surface area contributed by atoms with Crippen molar-refractivity contribution in [1.82, 2.24) is 9.97 Å². The van der Waals surface area contributed by atoms with Gasteiger partial charge in [-0.1, -0.05) is 37.9 Å². The van der Waals surface area contributed by atoms with E-state index in [9.17, 15) is 0 Å². The average Bonchev–Trinajstić information content (AvgIpc) is 2.72. The Morgan fingerprint density at radius 3 is 2.32 bits per heavy atom. The minimum Gasteiger partial charge on any atom is -0.457 e. The van der Waals surface area contributed by atoms with Crippen molar-refractivity contribution in [3.05, 3.63) is 94.3 Å². The summed E-state index contributed by atoms with van der Waals surface area (Å²) >= 11 is 7.20. The lowest BCUT2D eigenvalue weighted by Gasteiger charge is -2.14. The molecule has 0 aliphatic heterocycles. The molecular weight excluding hydrogens is 484 g/mol. The van der Waals surface area contributed by atoms with Crippen LogP contribution < -0.4 is 9.47 Å². The van der Waals surface area contributed by atoms with Gasteiger partial charge in [-0.3, -0.25) is 4.98 Å². The van der Waals surface area contributed by atoms with E-state index in [4.69, 9.17) is 9.47 Å². The Hall–Kier alpha value is -2.70. The lowest BCUT2D eigenvalue weighted by atomic mass is 10.0. The number of aromatic nitrogens is 2. The Morgan fingerprint density at radius 1 is 0.679 bits per heavy atom. The highest BCUT2D eigenvalue weighted by molar-refractivity contribution is 9.10. The monoisotopic (exact) mass is 496 g/mol. The standard InChI is InChI=1S/C22H14Br2N2O2/c23-15-4-7-21(27-16-8-11-25-12-9-16)19(13-15)18-14-17(5-6-20(18)24)28-22-3-1-2-10-26-22/h1-14H. The first-order chi connectivity index (χ1) is 13.7. The van der Waals surface area contributed by atoms with Crippen molar-refractivity contribution in [2.24, 2.45) is 0 Å². The molecule has 2 heterocycles. The number of rotatable bonds is 5. The molecule has 28 heavy (non-hydrogen) atoms. The van der Waals surface area contributed by atoms with Crippen LogP contribution in [0.25, 0.3) is 11.1 Å². The molecule has 0 aliphatic carbocycles. The van der Waals surface area contributed by atoms with Crippen molar-refractivity contribution in [3.8, 4) is 34.3 Å². The van der Waals surface area contributed by atoms with Crippen molar-refractivity contribution >= 4 is 31.9 Å². The first kappa shape index (κ1) is 18.7. The molecule has 4 rings (SSSR count). The van der Waals surface area contributed by atoms with Gasteiger partial charge in [0.05, 0.1) is 0 Å². The van der Waals surface area contributed by atoms with Gasteiger partial charge in [0.1, 0.15) is 17.2 Å². The van der Waals surface area contributed by atoms with E-state index in [2.05, 4.69) is 41.8 Å². The quantitative estimate of drug-likeness (QED) is 0.291. The normalized spacial score (nSPS) is 10.5. The van der Waals surface area contributed by atoms with Gasteiger partial charge >= 0.3 is 0 Å². The molecule has 0 bridgehead atoms. The smallest absolute Gasteiger partial charge is 0.219 e. The molecule has 0 amide bonds. The molecule has 6 heteroatoms. The SMILES string of the molecule is Brc1ccc(Oc2ccncc2)c(-c2cc(Oc3ccccn3)ccc2Br)c1. The summed E-state index contributed by atoms with van der Waals surface area (Å²) < 4.78 is 13.9. The van der Waals surface area contributed by atoms with Crippen LogP contribution >= 0.6 is 31.9 Å². The number of ether oxygens (including phenoxy) is 2. The minimum absolute atomic E-state index is 0.540. The van der Waals surface area contributed by atoms with Crippen molar-refractivity contribution in [3.63, 3.8) is 0 Å². The van der Waals surface area contributed by atoms with Gasteiger partial charge in [0, 0.05) is 44.7 Å². The van der Waals surface area contributed by atoms with Crippen molar-refractivity contribution in [2.75, 3.05) is 0 Å². The zero-order chi connectivity index (χ0) is 19.3. The van der Waals surface area contributed by atoms with Gasteiger partial charge in [0.2, 0.25) is 5.88 Å². The summed E-state index contributed by atoms with van der Waals surface area (Å²) in [4.78, 5) is 8.24.